The van der Waals surface area contributed by atoms with Gasteiger partial charge in [-0.1, -0.05) is 0 Å². The Morgan fingerprint density at radius 2 is 2.24 bits per heavy atom. The van der Waals surface area contributed by atoms with Crippen molar-refractivity contribution in [1.82, 2.24) is 10.3 Å². The van der Waals surface area contributed by atoms with Gasteiger partial charge in [0.1, 0.15) is 6.61 Å². The lowest BCUT2D eigenvalue weighted by atomic mass is 10.2. The Morgan fingerprint density at radius 3 is 2.88 bits per heavy atom. The lowest BCUT2D eigenvalue weighted by molar-refractivity contribution is -0.122. The highest BCUT2D eigenvalue weighted by atomic mass is 16.5. The van der Waals surface area contributed by atoms with E-state index in [-0.39, 0.29) is 25.7 Å². The average molecular weight is 238 g/mol. The van der Waals surface area contributed by atoms with Gasteiger partial charge in [-0.15, -0.1) is 0 Å². The summed E-state index contributed by atoms with van der Waals surface area (Å²) >= 11 is 0. The summed E-state index contributed by atoms with van der Waals surface area (Å²) in [6, 6.07) is 1.54. The van der Waals surface area contributed by atoms with E-state index in [1.165, 1.54) is 12.4 Å². The van der Waals surface area contributed by atoms with Gasteiger partial charge in [-0.25, -0.2) is 0 Å². The number of amides is 2. The molecule has 0 spiro atoms. The van der Waals surface area contributed by atoms with Crippen LogP contribution in [0.5, 0.6) is 0 Å². The van der Waals surface area contributed by atoms with E-state index in [2.05, 4.69) is 10.3 Å². The molecule has 0 saturated heterocycles. The van der Waals surface area contributed by atoms with Gasteiger partial charge in [0.2, 0.25) is 5.91 Å². The van der Waals surface area contributed by atoms with E-state index >= 15 is 0 Å². The van der Waals surface area contributed by atoms with Crippen molar-refractivity contribution in [2.75, 3.05) is 25.5 Å². The zero-order valence-electron chi connectivity index (χ0n) is 9.18. The summed E-state index contributed by atoms with van der Waals surface area (Å²) in [5.41, 5.74) is 11.1. The van der Waals surface area contributed by atoms with Crippen LogP contribution in [-0.4, -0.2) is 36.6 Å². The van der Waals surface area contributed by atoms with Crippen molar-refractivity contribution in [3.8, 4) is 0 Å². The van der Waals surface area contributed by atoms with Gasteiger partial charge in [-0.05, 0) is 6.07 Å². The van der Waals surface area contributed by atoms with E-state index in [1.54, 1.807) is 6.07 Å². The zero-order valence-corrected chi connectivity index (χ0v) is 9.18. The number of nitrogens with one attached hydrogen (secondary N) is 1. The first-order chi connectivity index (χ1) is 8.11. The van der Waals surface area contributed by atoms with Gasteiger partial charge in [0.25, 0.3) is 5.91 Å². The highest BCUT2D eigenvalue weighted by Gasteiger charge is 2.08. The molecule has 5 N–H and O–H groups in total. The number of rotatable bonds is 6. The maximum Gasteiger partial charge on any atom is 0.255 e. The molecule has 17 heavy (non-hydrogen) atoms. The van der Waals surface area contributed by atoms with Crippen LogP contribution in [0.3, 0.4) is 0 Å². The number of primary amides is 1. The van der Waals surface area contributed by atoms with Gasteiger partial charge >= 0.3 is 0 Å². The maximum absolute atomic E-state index is 11.6. The average Bonchev–Trinajstić information content (AvgIpc) is 2.28. The van der Waals surface area contributed by atoms with E-state index < -0.39 is 5.91 Å². The lowest BCUT2D eigenvalue weighted by Gasteiger charge is -2.06. The van der Waals surface area contributed by atoms with Crippen molar-refractivity contribution >= 4 is 17.5 Å². The Kier molecular flexibility index (Phi) is 4.89. The number of nitrogens with zero attached hydrogens (tertiary/aromatic N) is 1. The summed E-state index contributed by atoms with van der Waals surface area (Å²) in [4.78, 5) is 25.7. The first-order valence-electron chi connectivity index (χ1n) is 4.95. The van der Waals surface area contributed by atoms with Gasteiger partial charge in [0.15, 0.2) is 0 Å². The Balaban J connectivity index is 2.31. The standard InChI is InChI=1S/C10H14N4O3/c11-8-1-2-13-5-7(8)10(16)14-3-4-17-6-9(12)15/h1-2,5H,3-4,6H2,(H2,11,13)(H2,12,15)(H,14,16). The van der Waals surface area contributed by atoms with Gasteiger partial charge in [0.05, 0.1) is 12.2 Å². The molecular weight excluding hydrogens is 224 g/mol. The number of anilines is 1. The number of nitrogen functional groups attached to an aromatic ring is 1. The number of hydrogen-bond acceptors (Lipinski definition) is 5. The second-order valence-corrected chi connectivity index (χ2v) is 3.24. The third-order valence-electron chi connectivity index (χ3n) is 1.88. The summed E-state index contributed by atoms with van der Waals surface area (Å²) in [6.07, 6.45) is 2.89. The summed E-state index contributed by atoms with van der Waals surface area (Å²) < 4.78 is 4.88. The van der Waals surface area contributed by atoms with E-state index in [1.807, 2.05) is 0 Å². The van der Waals surface area contributed by atoms with Crippen LogP contribution in [0.4, 0.5) is 5.69 Å². The molecule has 0 aliphatic carbocycles. The molecule has 2 amide bonds. The van der Waals surface area contributed by atoms with Crippen LogP contribution in [0.2, 0.25) is 0 Å². The van der Waals surface area contributed by atoms with E-state index in [0.717, 1.165) is 0 Å². The fourth-order valence-electron chi connectivity index (χ4n) is 1.10. The van der Waals surface area contributed by atoms with Crippen molar-refractivity contribution in [2.45, 2.75) is 0 Å². The quantitative estimate of drug-likeness (QED) is 0.543. The predicted molar refractivity (Wildman–Crippen MR) is 61.0 cm³/mol. The van der Waals surface area contributed by atoms with Crippen LogP contribution in [0.15, 0.2) is 18.5 Å². The molecule has 7 nitrogen and oxygen atoms in total. The van der Waals surface area contributed by atoms with Crippen molar-refractivity contribution in [3.63, 3.8) is 0 Å². The minimum atomic E-state index is -0.548. The van der Waals surface area contributed by atoms with Crippen molar-refractivity contribution in [2.24, 2.45) is 5.73 Å². The van der Waals surface area contributed by atoms with E-state index in [4.69, 9.17) is 16.2 Å². The Morgan fingerprint density at radius 1 is 1.47 bits per heavy atom. The predicted octanol–water partition coefficient (Wildman–Crippen LogP) is -1.10. The molecule has 0 fully saturated rings. The van der Waals surface area contributed by atoms with Gasteiger partial charge in [-0.2, -0.15) is 0 Å². The number of nitrogens with two attached hydrogens (primary N) is 2. The van der Waals surface area contributed by atoms with Crippen LogP contribution in [0.1, 0.15) is 10.4 Å². The Hall–Kier alpha value is -2.15. The molecule has 1 aromatic rings. The lowest BCUT2D eigenvalue weighted by Crippen LogP contribution is -2.29. The molecule has 0 saturated carbocycles. The van der Waals surface area contributed by atoms with Crippen LogP contribution >= 0.6 is 0 Å². The molecule has 1 heterocycles. The largest absolute Gasteiger partial charge is 0.398 e. The van der Waals surface area contributed by atoms with Gasteiger partial charge in [-0.3, -0.25) is 14.6 Å². The second-order valence-electron chi connectivity index (χ2n) is 3.24. The molecule has 92 valence electrons. The van der Waals surface area contributed by atoms with E-state index in [0.29, 0.717) is 11.3 Å². The number of carbonyl (C=O) groups is 2. The van der Waals surface area contributed by atoms with Crippen LogP contribution in [-0.2, 0) is 9.53 Å². The smallest absolute Gasteiger partial charge is 0.255 e. The number of pyridine rings is 1. The fourth-order valence-corrected chi connectivity index (χ4v) is 1.10. The van der Waals surface area contributed by atoms with Crippen LogP contribution < -0.4 is 16.8 Å². The molecule has 0 aromatic carbocycles. The summed E-state index contributed by atoms with van der Waals surface area (Å²) in [5.74, 6) is -0.883. The molecule has 0 atom stereocenters. The van der Waals surface area contributed by atoms with Gasteiger partial charge in [0, 0.05) is 24.6 Å². The third-order valence-corrected chi connectivity index (χ3v) is 1.88. The molecule has 1 rings (SSSR count). The molecule has 0 aliphatic rings. The molecule has 0 radical (unpaired) electrons. The van der Waals surface area contributed by atoms with Gasteiger partial charge < -0.3 is 21.5 Å². The normalized spacial score (nSPS) is 9.88. The molecule has 1 aromatic heterocycles. The zero-order chi connectivity index (χ0) is 12.7. The topological polar surface area (TPSA) is 120 Å². The minimum absolute atomic E-state index is 0.162. The third kappa shape index (κ3) is 4.47. The summed E-state index contributed by atoms with van der Waals surface area (Å²) in [7, 11) is 0. The minimum Gasteiger partial charge on any atom is -0.398 e. The van der Waals surface area contributed by atoms with Crippen LogP contribution in [0, 0.1) is 0 Å². The number of ether oxygens (including phenoxy) is 1. The SMILES string of the molecule is NC(=O)COCCNC(=O)c1cnccc1N. The molecule has 0 aliphatic heterocycles. The monoisotopic (exact) mass is 238 g/mol. The molecule has 7 heteroatoms. The van der Waals surface area contributed by atoms with Crippen LogP contribution in [0.25, 0.3) is 0 Å². The van der Waals surface area contributed by atoms with E-state index in [9.17, 15) is 9.59 Å². The number of carbonyl (C=O) groups excluding carboxylic acids is 2. The molecule has 0 unspecified atom stereocenters. The van der Waals surface area contributed by atoms with Crippen molar-refractivity contribution in [1.29, 1.82) is 0 Å². The first kappa shape index (κ1) is 12.9. The Bertz CT molecular complexity index is 408. The Labute approximate surface area is 98.1 Å². The summed E-state index contributed by atoms with van der Waals surface area (Å²) in [5, 5.41) is 2.58. The molecular formula is C10H14N4O3. The fraction of sp³-hybridized carbons (Fsp3) is 0.300. The number of aromatic nitrogens is 1. The first-order valence-corrected chi connectivity index (χ1v) is 4.95. The van der Waals surface area contributed by atoms with Crippen molar-refractivity contribution in [3.05, 3.63) is 24.0 Å². The highest BCUT2D eigenvalue weighted by molar-refractivity contribution is 5.98. The summed E-state index contributed by atoms with van der Waals surface area (Å²) in [6.45, 7) is 0.306. The highest BCUT2D eigenvalue weighted by Crippen LogP contribution is 2.07. The second kappa shape index (κ2) is 6.44. The van der Waals surface area contributed by atoms with Crippen molar-refractivity contribution < 1.29 is 14.3 Å². The number of hydrogen-bond donors (Lipinski definition) is 3. The molecule has 0 bridgehead atoms. The maximum atomic E-state index is 11.6.